The highest BCUT2D eigenvalue weighted by molar-refractivity contribution is 5.74. The summed E-state index contributed by atoms with van der Waals surface area (Å²) in [5, 5.41) is 13.2. The highest BCUT2D eigenvalue weighted by Gasteiger charge is 2.38. The van der Waals surface area contributed by atoms with E-state index in [1.807, 2.05) is 26.0 Å². The van der Waals surface area contributed by atoms with Crippen molar-refractivity contribution in [3.8, 4) is 11.5 Å². The minimum absolute atomic E-state index is 0.0363. The van der Waals surface area contributed by atoms with Crippen LogP contribution in [0.3, 0.4) is 0 Å². The van der Waals surface area contributed by atoms with Crippen molar-refractivity contribution in [2.24, 2.45) is 11.3 Å². The number of carboxylic acid groups (broad SMARTS) is 1. The first-order chi connectivity index (χ1) is 8.93. The van der Waals surface area contributed by atoms with Gasteiger partial charge in [0.25, 0.3) is 0 Å². The SMILES string of the molecule is CC(C)C(C)(Cc1nc(-c2ccc[nH]2)no1)C(=O)O. The second-order valence-electron chi connectivity index (χ2n) is 5.15. The predicted molar refractivity (Wildman–Crippen MR) is 68.4 cm³/mol. The van der Waals surface area contributed by atoms with E-state index in [1.165, 1.54) is 0 Å². The van der Waals surface area contributed by atoms with Crippen LogP contribution in [0.1, 0.15) is 26.7 Å². The number of hydrogen-bond donors (Lipinski definition) is 2. The fourth-order valence-electron chi connectivity index (χ4n) is 1.75. The molecule has 0 bridgehead atoms. The molecule has 0 aliphatic rings. The first-order valence-corrected chi connectivity index (χ1v) is 6.13. The number of nitrogens with zero attached hydrogens (tertiary/aromatic N) is 2. The summed E-state index contributed by atoms with van der Waals surface area (Å²) in [7, 11) is 0. The molecule has 19 heavy (non-hydrogen) atoms. The number of aromatic nitrogens is 3. The fraction of sp³-hybridized carbons (Fsp3) is 0.462. The second kappa shape index (κ2) is 4.87. The average molecular weight is 263 g/mol. The molecule has 0 radical (unpaired) electrons. The van der Waals surface area contributed by atoms with E-state index in [0.717, 1.165) is 5.69 Å². The van der Waals surface area contributed by atoms with Gasteiger partial charge in [0.1, 0.15) is 0 Å². The van der Waals surface area contributed by atoms with Crippen molar-refractivity contribution in [2.45, 2.75) is 27.2 Å². The van der Waals surface area contributed by atoms with Gasteiger partial charge >= 0.3 is 5.97 Å². The van der Waals surface area contributed by atoms with Gasteiger partial charge in [0.05, 0.1) is 11.1 Å². The van der Waals surface area contributed by atoms with Crippen molar-refractivity contribution >= 4 is 5.97 Å². The van der Waals surface area contributed by atoms with Gasteiger partial charge in [-0.3, -0.25) is 4.79 Å². The first-order valence-electron chi connectivity index (χ1n) is 6.13. The maximum Gasteiger partial charge on any atom is 0.310 e. The lowest BCUT2D eigenvalue weighted by molar-refractivity contribution is -0.150. The lowest BCUT2D eigenvalue weighted by Gasteiger charge is -2.27. The van der Waals surface area contributed by atoms with Crippen LogP contribution < -0.4 is 0 Å². The molecule has 102 valence electrons. The third-order valence-corrected chi connectivity index (χ3v) is 3.59. The summed E-state index contributed by atoms with van der Waals surface area (Å²) in [4.78, 5) is 18.6. The number of nitrogens with one attached hydrogen (secondary N) is 1. The number of H-pyrrole nitrogens is 1. The molecule has 2 aromatic rings. The van der Waals surface area contributed by atoms with Crippen LogP contribution in [0.2, 0.25) is 0 Å². The maximum absolute atomic E-state index is 11.4. The highest BCUT2D eigenvalue weighted by atomic mass is 16.5. The molecule has 6 heteroatoms. The normalized spacial score (nSPS) is 14.5. The average Bonchev–Trinajstić information content (AvgIpc) is 2.97. The van der Waals surface area contributed by atoms with Crippen LogP contribution >= 0.6 is 0 Å². The van der Waals surface area contributed by atoms with E-state index in [4.69, 9.17) is 4.52 Å². The molecular weight excluding hydrogens is 246 g/mol. The van der Waals surface area contributed by atoms with Crippen LogP contribution in [0.25, 0.3) is 11.5 Å². The van der Waals surface area contributed by atoms with Gasteiger partial charge in [-0.25, -0.2) is 0 Å². The topological polar surface area (TPSA) is 92.0 Å². The number of carbonyl (C=O) groups is 1. The zero-order valence-electron chi connectivity index (χ0n) is 11.2. The molecule has 1 atom stereocenters. The third kappa shape index (κ3) is 2.52. The third-order valence-electron chi connectivity index (χ3n) is 3.59. The zero-order chi connectivity index (χ0) is 14.0. The highest BCUT2D eigenvalue weighted by Crippen LogP contribution is 2.31. The van der Waals surface area contributed by atoms with E-state index in [9.17, 15) is 9.90 Å². The summed E-state index contributed by atoms with van der Waals surface area (Å²) < 4.78 is 5.14. The van der Waals surface area contributed by atoms with Gasteiger partial charge in [0.15, 0.2) is 0 Å². The Bertz CT molecular complexity index is 559. The molecule has 2 aromatic heterocycles. The Labute approximate surface area is 110 Å². The van der Waals surface area contributed by atoms with E-state index >= 15 is 0 Å². The van der Waals surface area contributed by atoms with E-state index in [0.29, 0.717) is 11.7 Å². The molecule has 0 aliphatic heterocycles. The molecular formula is C13H17N3O3. The molecule has 2 heterocycles. The number of carboxylic acids is 1. The molecule has 6 nitrogen and oxygen atoms in total. The molecule has 2 N–H and O–H groups in total. The first kappa shape index (κ1) is 13.3. The Kier molecular flexibility index (Phi) is 3.42. The van der Waals surface area contributed by atoms with Crippen molar-refractivity contribution in [3.63, 3.8) is 0 Å². The number of hydrogen-bond acceptors (Lipinski definition) is 4. The Hall–Kier alpha value is -2.11. The smallest absolute Gasteiger partial charge is 0.310 e. The van der Waals surface area contributed by atoms with Gasteiger partial charge < -0.3 is 14.6 Å². The lowest BCUT2D eigenvalue weighted by Crippen LogP contribution is -2.35. The Balaban J connectivity index is 2.22. The minimum Gasteiger partial charge on any atom is -0.481 e. The van der Waals surface area contributed by atoms with Crippen LogP contribution in [0.4, 0.5) is 0 Å². The van der Waals surface area contributed by atoms with Crippen LogP contribution in [0.15, 0.2) is 22.9 Å². The number of aromatic amines is 1. The Morgan fingerprint density at radius 3 is 2.84 bits per heavy atom. The van der Waals surface area contributed by atoms with Crippen LogP contribution in [-0.4, -0.2) is 26.2 Å². The molecule has 0 spiro atoms. The number of aliphatic carboxylic acids is 1. The molecule has 2 rings (SSSR count). The summed E-state index contributed by atoms with van der Waals surface area (Å²) in [5.41, 5.74) is -0.170. The van der Waals surface area contributed by atoms with Crippen molar-refractivity contribution < 1.29 is 14.4 Å². The molecule has 1 unspecified atom stereocenters. The minimum atomic E-state index is -0.917. The molecule has 0 saturated heterocycles. The van der Waals surface area contributed by atoms with E-state index in [2.05, 4.69) is 15.1 Å². The van der Waals surface area contributed by atoms with Crippen molar-refractivity contribution in [3.05, 3.63) is 24.2 Å². The molecule has 0 aliphatic carbocycles. The second-order valence-corrected chi connectivity index (χ2v) is 5.15. The molecule has 0 amide bonds. The van der Waals surface area contributed by atoms with Gasteiger partial charge in [-0.1, -0.05) is 19.0 Å². The van der Waals surface area contributed by atoms with Gasteiger partial charge in [0, 0.05) is 12.6 Å². The summed E-state index contributed by atoms with van der Waals surface area (Å²) in [6.07, 6.45) is 1.98. The van der Waals surface area contributed by atoms with Crippen LogP contribution in [0, 0.1) is 11.3 Å². The summed E-state index contributed by atoms with van der Waals surface area (Å²) in [6, 6.07) is 3.66. The fourth-order valence-corrected chi connectivity index (χ4v) is 1.75. The molecule has 0 aromatic carbocycles. The predicted octanol–water partition coefficient (Wildman–Crippen LogP) is 2.35. The van der Waals surface area contributed by atoms with Gasteiger partial charge in [-0.2, -0.15) is 4.98 Å². The van der Waals surface area contributed by atoms with Gasteiger partial charge in [0.2, 0.25) is 11.7 Å². The van der Waals surface area contributed by atoms with E-state index in [1.54, 1.807) is 13.1 Å². The summed E-state index contributed by atoms with van der Waals surface area (Å²) in [6.45, 7) is 5.44. The van der Waals surface area contributed by atoms with Crippen molar-refractivity contribution in [2.75, 3.05) is 0 Å². The summed E-state index contributed by atoms with van der Waals surface area (Å²) in [5.74, 6) is -0.118. The van der Waals surface area contributed by atoms with Gasteiger partial charge in [-0.05, 0) is 25.0 Å². The monoisotopic (exact) mass is 263 g/mol. The zero-order valence-corrected chi connectivity index (χ0v) is 11.2. The lowest BCUT2D eigenvalue weighted by atomic mass is 9.76. The standard InChI is InChI=1S/C13H17N3O3/c1-8(2)13(3,12(17)18)7-10-15-11(16-19-10)9-5-4-6-14-9/h4-6,8,14H,7H2,1-3H3,(H,17,18). The largest absolute Gasteiger partial charge is 0.481 e. The Morgan fingerprint density at radius 2 is 2.32 bits per heavy atom. The number of rotatable bonds is 5. The summed E-state index contributed by atoms with van der Waals surface area (Å²) >= 11 is 0. The van der Waals surface area contributed by atoms with Crippen LogP contribution in [-0.2, 0) is 11.2 Å². The quantitative estimate of drug-likeness (QED) is 0.863. The van der Waals surface area contributed by atoms with Crippen LogP contribution in [0.5, 0.6) is 0 Å². The molecule has 0 saturated carbocycles. The van der Waals surface area contributed by atoms with Gasteiger partial charge in [-0.15, -0.1) is 0 Å². The van der Waals surface area contributed by atoms with Crippen molar-refractivity contribution in [1.82, 2.24) is 15.1 Å². The van der Waals surface area contributed by atoms with E-state index in [-0.39, 0.29) is 12.3 Å². The van der Waals surface area contributed by atoms with Crippen molar-refractivity contribution in [1.29, 1.82) is 0 Å². The maximum atomic E-state index is 11.4. The van der Waals surface area contributed by atoms with E-state index < -0.39 is 11.4 Å². The Morgan fingerprint density at radius 1 is 1.58 bits per heavy atom. The molecule has 0 fully saturated rings.